The highest BCUT2D eigenvalue weighted by Crippen LogP contribution is 2.28. The molecule has 0 spiro atoms. The van der Waals surface area contributed by atoms with Gasteiger partial charge in [-0.25, -0.2) is 13.4 Å². The molecule has 0 radical (unpaired) electrons. The van der Waals surface area contributed by atoms with Crippen molar-refractivity contribution in [1.82, 2.24) is 14.9 Å². The van der Waals surface area contributed by atoms with E-state index in [2.05, 4.69) is 10.6 Å². The highest BCUT2D eigenvalue weighted by atomic mass is 32.2. The predicted molar refractivity (Wildman–Crippen MR) is 186 cm³/mol. The number of anilines is 1. The number of carbonyl (C=O) groups is 4. The molecular weight excluding hydrogens is 660 g/mol. The molecule has 1 fully saturated rings. The molecule has 50 heavy (non-hydrogen) atoms. The van der Waals surface area contributed by atoms with E-state index in [1.54, 1.807) is 48.5 Å². The number of esters is 1. The van der Waals surface area contributed by atoms with E-state index in [-0.39, 0.29) is 38.2 Å². The van der Waals surface area contributed by atoms with Crippen LogP contribution < -0.4 is 19.7 Å². The van der Waals surface area contributed by atoms with E-state index in [0.29, 0.717) is 16.9 Å². The van der Waals surface area contributed by atoms with Gasteiger partial charge < -0.3 is 20.1 Å². The Kier molecular flexibility index (Phi) is 11.5. The van der Waals surface area contributed by atoms with Crippen molar-refractivity contribution in [2.24, 2.45) is 0 Å². The van der Waals surface area contributed by atoms with E-state index in [0.717, 1.165) is 19.7 Å². The maximum absolute atomic E-state index is 13.5. The molecule has 1 aliphatic rings. The minimum Gasteiger partial charge on any atom is -0.497 e. The highest BCUT2D eigenvalue weighted by molar-refractivity contribution is 7.91. The quantitative estimate of drug-likeness (QED) is 0.191. The number of amides is 3. The number of ether oxygens (including phenoxy) is 2. The van der Waals surface area contributed by atoms with Gasteiger partial charge in [0.2, 0.25) is 11.8 Å². The molecule has 0 saturated carbocycles. The number of benzene rings is 4. The first-order valence-corrected chi connectivity index (χ1v) is 17.3. The van der Waals surface area contributed by atoms with E-state index in [9.17, 15) is 27.6 Å². The standard InChI is InChI=1S/C37H38N4O8S/c1-26(42)38-33(21-27-9-5-3-6-10-27)36(44)39-34(37(45)49-25-30-11-7-4-8-12-30)22-28-13-17-31(18-14-28)40-24-35(43)41(50(40,46)47)23-29-15-19-32(48-2)20-16-29/h3-20,33-34H,21-25H2,1-2H3,(H,38,42)(H,39,44). The van der Waals surface area contributed by atoms with Crippen LogP contribution in [0.2, 0.25) is 0 Å². The van der Waals surface area contributed by atoms with Gasteiger partial charge in [-0.3, -0.25) is 14.4 Å². The Morgan fingerprint density at radius 3 is 1.90 bits per heavy atom. The molecule has 0 aromatic heterocycles. The second kappa shape index (κ2) is 16.1. The average Bonchev–Trinajstić information content (AvgIpc) is 3.34. The second-order valence-electron chi connectivity index (χ2n) is 11.7. The lowest BCUT2D eigenvalue weighted by atomic mass is 10.0. The van der Waals surface area contributed by atoms with Gasteiger partial charge in [0.1, 0.15) is 31.0 Å². The van der Waals surface area contributed by atoms with Crippen molar-refractivity contribution in [3.05, 3.63) is 131 Å². The van der Waals surface area contributed by atoms with Crippen molar-refractivity contribution in [3.63, 3.8) is 0 Å². The summed E-state index contributed by atoms with van der Waals surface area (Å²) >= 11 is 0. The first-order chi connectivity index (χ1) is 24.0. The van der Waals surface area contributed by atoms with Gasteiger partial charge in [-0.05, 0) is 46.5 Å². The Hall–Kier alpha value is -5.69. The van der Waals surface area contributed by atoms with Crippen LogP contribution in [0.1, 0.15) is 29.2 Å². The molecule has 2 N–H and O–H groups in total. The van der Waals surface area contributed by atoms with Crippen LogP contribution in [0.25, 0.3) is 0 Å². The minimum absolute atomic E-state index is 0.00699. The number of carbonyl (C=O) groups excluding carboxylic acids is 4. The summed E-state index contributed by atoms with van der Waals surface area (Å²) in [7, 11) is -2.64. The van der Waals surface area contributed by atoms with Gasteiger partial charge in [0.25, 0.3) is 5.91 Å². The van der Waals surface area contributed by atoms with Gasteiger partial charge in [-0.1, -0.05) is 84.9 Å². The van der Waals surface area contributed by atoms with Crippen LogP contribution in [0.5, 0.6) is 5.75 Å². The molecule has 0 bridgehead atoms. The Bertz CT molecular complexity index is 1900. The smallest absolute Gasteiger partial charge is 0.329 e. The van der Waals surface area contributed by atoms with Crippen molar-refractivity contribution >= 4 is 39.6 Å². The summed E-state index contributed by atoms with van der Waals surface area (Å²) in [5.74, 6) is -1.62. The highest BCUT2D eigenvalue weighted by Gasteiger charge is 2.42. The largest absolute Gasteiger partial charge is 0.497 e. The molecule has 2 atom stereocenters. The van der Waals surface area contributed by atoms with Crippen molar-refractivity contribution in [3.8, 4) is 5.75 Å². The lowest BCUT2D eigenvalue weighted by Gasteiger charge is -2.23. The van der Waals surface area contributed by atoms with Gasteiger partial charge in [0.15, 0.2) is 0 Å². The predicted octanol–water partition coefficient (Wildman–Crippen LogP) is 3.31. The molecule has 13 heteroatoms. The summed E-state index contributed by atoms with van der Waals surface area (Å²) in [5, 5.41) is 5.42. The fourth-order valence-electron chi connectivity index (χ4n) is 5.46. The number of rotatable bonds is 14. The van der Waals surface area contributed by atoms with Gasteiger partial charge in [-0.2, -0.15) is 8.42 Å². The van der Waals surface area contributed by atoms with Crippen LogP contribution in [-0.2, 0) is 60.1 Å². The SMILES string of the molecule is COc1ccc(CN2C(=O)CN(c3ccc(CC(NC(=O)C(Cc4ccccc4)NC(C)=O)C(=O)OCc4ccccc4)cc3)S2(=O)=O)cc1. The first-order valence-electron chi connectivity index (χ1n) is 15.9. The first kappa shape index (κ1) is 35.6. The van der Waals surface area contributed by atoms with Gasteiger partial charge >= 0.3 is 16.2 Å². The van der Waals surface area contributed by atoms with Crippen molar-refractivity contribution in [2.45, 2.75) is 45.0 Å². The molecule has 3 amide bonds. The zero-order chi connectivity index (χ0) is 35.7. The van der Waals surface area contributed by atoms with Gasteiger partial charge in [-0.15, -0.1) is 0 Å². The second-order valence-corrected chi connectivity index (χ2v) is 13.5. The normalized spacial score (nSPS) is 14.8. The molecule has 1 saturated heterocycles. The third-order valence-corrected chi connectivity index (χ3v) is 9.85. The van der Waals surface area contributed by atoms with Crippen LogP contribution in [0.15, 0.2) is 109 Å². The van der Waals surface area contributed by atoms with E-state index in [1.807, 2.05) is 60.7 Å². The van der Waals surface area contributed by atoms with Crippen LogP contribution >= 0.6 is 0 Å². The number of nitrogens with zero attached hydrogens (tertiary/aromatic N) is 2. The Morgan fingerprint density at radius 2 is 1.30 bits per heavy atom. The molecule has 12 nitrogen and oxygen atoms in total. The monoisotopic (exact) mass is 698 g/mol. The fourth-order valence-corrected chi connectivity index (χ4v) is 6.98. The van der Waals surface area contributed by atoms with Crippen LogP contribution in [0.3, 0.4) is 0 Å². The molecule has 4 aromatic carbocycles. The fraction of sp³-hybridized carbons (Fsp3) is 0.243. The zero-order valence-electron chi connectivity index (χ0n) is 27.7. The van der Waals surface area contributed by atoms with E-state index in [4.69, 9.17) is 9.47 Å². The summed E-state index contributed by atoms with van der Waals surface area (Å²) in [4.78, 5) is 51.8. The van der Waals surface area contributed by atoms with Crippen molar-refractivity contribution in [2.75, 3.05) is 18.0 Å². The molecule has 0 aliphatic carbocycles. The summed E-state index contributed by atoms with van der Waals surface area (Å²) < 4.78 is 39.5. The van der Waals surface area contributed by atoms with Crippen molar-refractivity contribution < 1.29 is 37.1 Å². The van der Waals surface area contributed by atoms with Crippen LogP contribution in [0.4, 0.5) is 5.69 Å². The molecule has 5 rings (SSSR count). The lowest BCUT2D eigenvalue weighted by Crippen LogP contribution is -2.53. The Balaban J connectivity index is 1.32. The van der Waals surface area contributed by atoms with Gasteiger partial charge in [0, 0.05) is 19.8 Å². The van der Waals surface area contributed by atoms with Crippen LogP contribution in [0, 0.1) is 0 Å². The van der Waals surface area contributed by atoms with Crippen molar-refractivity contribution in [1.29, 1.82) is 0 Å². The topological polar surface area (TPSA) is 151 Å². The minimum atomic E-state index is -4.17. The maximum Gasteiger partial charge on any atom is 0.329 e. The Labute approximate surface area is 291 Å². The summed E-state index contributed by atoms with van der Waals surface area (Å²) in [6.45, 7) is 0.799. The maximum atomic E-state index is 13.5. The molecular formula is C37H38N4O8S. The molecule has 4 aromatic rings. The summed E-state index contributed by atoms with van der Waals surface area (Å²) in [6.07, 6.45) is 0.207. The average molecular weight is 699 g/mol. The van der Waals surface area contributed by atoms with Crippen LogP contribution in [-0.4, -0.2) is 62.2 Å². The number of methoxy groups -OCH3 is 1. The van der Waals surface area contributed by atoms with E-state index >= 15 is 0 Å². The van der Waals surface area contributed by atoms with Gasteiger partial charge in [0.05, 0.1) is 19.3 Å². The third-order valence-electron chi connectivity index (χ3n) is 8.06. The third kappa shape index (κ3) is 9.05. The number of nitrogens with one attached hydrogen (secondary N) is 2. The molecule has 2 unspecified atom stereocenters. The Morgan fingerprint density at radius 1 is 0.740 bits per heavy atom. The molecule has 260 valence electrons. The summed E-state index contributed by atoms with van der Waals surface area (Å²) in [6, 6.07) is 29.3. The lowest BCUT2D eigenvalue weighted by molar-refractivity contribution is -0.149. The zero-order valence-corrected chi connectivity index (χ0v) is 28.5. The number of hydrogen-bond donors (Lipinski definition) is 2. The van der Waals surface area contributed by atoms with E-state index in [1.165, 1.54) is 14.0 Å². The molecule has 1 heterocycles. The van der Waals surface area contributed by atoms with E-state index < -0.39 is 46.0 Å². The molecule has 1 aliphatic heterocycles. The summed E-state index contributed by atoms with van der Waals surface area (Å²) in [5.41, 5.74) is 3.06. The number of hydrogen-bond acceptors (Lipinski definition) is 8.